The maximum Gasteiger partial charge on any atom is 0.227 e. The van der Waals surface area contributed by atoms with Crippen LogP contribution in [0.1, 0.15) is 48.2 Å². The van der Waals surface area contributed by atoms with Crippen molar-refractivity contribution < 1.29 is 9.59 Å². The number of fused-ring (bicyclic) bond motifs is 1. The molecule has 3 rings (SSSR count). The van der Waals surface area contributed by atoms with Gasteiger partial charge in [0.25, 0.3) is 0 Å². The van der Waals surface area contributed by atoms with E-state index in [0.717, 1.165) is 18.5 Å². The first-order valence-corrected chi connectivity index (χ1v) is 8.62. The van der Waals surface area contributed by atoms with E-state index in [9.17, 15) is 9.59 Å². The van der Waals surface area contributed by atoms with Gasteiger partial charge in [-0.3, -0.25) is 9.59 Å². The molecule has 0 bridgehead atoms. The van der Waals surface area contributed by atoms with Gasteiger partial charge in [-0.2, -0.15) is 0 Å². The van der Waals surface area contributed by atoms with Gasteiger partial charge in [0.15, 0.2) is 5.78 Å². The van der Waals surface area contributed by atoms with E-state index in [1.54, 1.807) is 0 Å². The number of benzene rings is 2. The molecule has 0 saturated carbocycles. The van der Waals surface area contributed by atoms with E-state index in [1.165, 1.54) is 11.1 Å². The van der Waals surface area contributed by atoms with Crippen molar-refractivity contribution in [2.24, 2.45) is 0 Å². The second kappa shape index (κ2) is 7.00. The first kappa shape index (κ1) is 16.4. The zero-order chi connectivity index (χ0) is 17.1. The summed E-state index contributed by atoms with van der Waals surface area (Å²) in [5.41, 5.74) is 4.11. The van der Waals surface area contributed by atoms with E-state index in [2.05, 4.69) is 19.9 Å². The smallest absolute Gasteiger partial charge is 0.227 e. The lowest BCUT2D eigenvalue weighted by Crippen LogP contribution is -2.35. The fourth-order valence-corrected chi connectivity index (χ4v) is 3.36. The molecule has 1 heterocycles. The van der Waals surface area contributed by atoms with Crippen LogP contribution in [0.4, 0.5) is 5.69 Å². The van der Waals surface area contributed by atoms with Crippen LogP contribution in [0.5, 0.6) is 0 Å². The molecule has 1 aliphatic rings. The molecule has 2 aromatic rings. The Hall–Kier alpha value is -2.42. The average Bonchev–Trinajstić information content (AvgIpc) is 2.95. The second-order valence-corrected chi connectivity index (χ2v) is 6.42. The minimum atomic E-state index is 0.0333. The van der Waals surface area contributed by atoms with Crippen LogP contribution in [-0.2, 0) is 17.6 Å². The van der Waals surface area contributed by atoms with Gasteiger partial charge in [-0.1, -0.05) is 49.4 Å². The van der Waals surface area contributed by atoms with E-state index in [0.29, 0.717) is 5.56 Å². The molecule has 1 aliphatic heterocycles. The molecule has 0 aliphatic carbocycles. The van der Waals surface area contributed by atoms with Crippen molar-refractivity contribution in [1.29, 1.82) is 0 Å². The van der Waals surface area contributed by atoms with Crippen LogP contribution < -0.4 is 4.90 Å². The Kier molecular flexibility index (Phi) is 4.79. The van der Waals surface area contributed by atoms with Gasteiger partial charge in [0.2, 0.25) is 5.91 Å². The SMILES string of the molecule is CCc1ccc(C(=O)CCC(=O)N2c3ccccc3CC2C)cc1. The Morgan fingerprint density at radius 2 is 1.75 bits per heavy atom. The maximum atomic E-state index is 12.6. The highest BCUT2D eigenvalue weighted by molar-refractivity contribution is 6.01. The van der Waals surface area contributed by atoms with Crippen molar-refractivity contribution in [1.82, 2.24) is 0 Å². The van der Waals surface area contributed by atoms with Gasteiger partial charge in [0.05, 0.1) is 0 Å². The summed E-state index contributed by atoms with van der Waals surface area (Å²) < 4.78 is 0. The van der Waals surface area contributed by atoms with Crippen LogP contribution in [0.3, 0.4) is 0 Å². The van der Waals surface area contributed by atoms with E-state index in [-0.39, 0.29) is 30.6 Å². The number of hydrogen-bond acceptors (Lipinski definition) is 2. The Morgan fingerprint density at radius 1 is 1.04 bits per heavy atom. The number of anilines is 1. The molecule has 1 unspecified atom stereocenters. The third-order valence-electron chi connectivity index (χ3n) is 4.73. The lowest BCUT2D eigenvalue weighted by Gasteiger charge is -2.22. The first-order valence-electron chi connectivity index (χ1n) is 8.62. The molecule has 0 fully saturated rings. The standard InChI is InChI=1S/C21H23NO2/c1-3-16-8-10-17(11-9-16)20(23)12-13-21(24)22-15(2)14-18-6-4-5-7-19(18)22/h4-11,15H,3,12-14H2,1-2H3. The molecular formula is C21H23NO2. The molecule has 3 nitrogen and oxygen atoms in total. The number of hydrogen-bond donors (Lipinski definition) is 0. The Balaban J connectivity index is 1.64. The van der Waals surface area contributed by atoms with Gasteiger partial charge in [-0.15, -0.1) is 0 Å². The molecule has 24 heavy (non-hydrogen) atoms. The van der Waals surface area contributed by atoms with Crippen molar-refractivity contribution >= 4 is 17.4 Å². The molecule has 2 aromatic carbocycles. The van der Waals surface area contributed by atoms with Crippen LogP contribution in [0, 0.1) is 0 Å². The molecule has 0 aromatic heterocycles. The number of Topliss-reactive ketones (excluding diaryl/α,β-unsaturated/α-hetero) is 1. The third-order valence-corrected chi connectivity index (χ3v) is 4.73. The zero-order valence-corrected chi connectivity index (χ0v) is 14.3. The van der Waals surface area contributed by atoms with E-state index in [1.807, 2.05) is 47.4 Å². The molecule has 3 heteroatoms. The number of nitrogens with zero attached hydrogens (tertiary/aromatic N) is 1. The maximum absolute atomic E-state index is 12.6. The molecule has 0 radical (unpaired) electrons. The van der Waals surface area contributed by atoms with Crippen molar-refractivity contribution in [2.75, 3.05) is 4.90 Å². The van der Waals surface area contributed by atoms with Gasteiger partial charge >= 0.3 is 0 Å². The quantitative estimate of drug-likeness (QED) is 0.774. The number of ketones is 1. The van der Waals surface area contributed by atoms with Crippen LogP contribution >= 0.6 is 0 Å². The van der Waals surface area contributed by atoms with Crippen molar-refractivity contribution in [3.8, 4) is 0 Å². The summed E-state index contributed by atoms with van der Waals surface area (Å²) in [7, 11) is 0. The minimum absolute atomic E-state index is 0.0333. The summed E-state index contributed by atoms with van der Waals surface area (Å²) in [6.07, 6.45) is 2.36. The molecule has 0 spiro atoms. The fourth-order valence-electron chi connectivity index (χ4n) is 3.36. The van der Waals surface area contributed by atoms with E-state index in [4.69, 9.17) is 0 Å². The zero-order valence-electron chi connectivity index (χ0n) is 14.3. The third kappa shape index (κ3) is 3.25. The number of carbonyl (C=O) groups is 2. The molecule has 1 amide bonds. The monoisotopic (exact) mass is 321 g/mol. The van der Waals surface area contributed by atoms with Crippen molar-refractivity contribution in [3.05, 3.63) is 65.2 Å². The Bertz CT molecular complexity index is 749. The second-order valence-electron chi connectivity index (χ2n) is 6.42. The van der Waals surface area contributed by atoms with Crippen LogP contribution in [0.25, 0.3) is 0 Å². The largest absolute Gasteiger partial charge is 0.309 e. The number of rotatable bonds is 5. The van der Waals surface area contributed by atoms with Gasteiger partial charge < -0.3 is 4.90 Å². The summed E-state index contributed by atoms with van der Waals surface area (Å²) in [6.45, 7) is 4.15. The van der Waals surface area contributed by atoms with Gasteiger partial charge in [0.1, 0.15) is 0 Å². The summed E-state index contributed by atoms with van der Waals surface area (Å²) >= 11 is 0. The lowest BCUT2D eigenvalue weighted by atomic mass is 10.0. The highest BCUT2D eigenvalue weighted by Gasteiger charge is 2.30. The van der Waals surface area contributed by atoms with Crippen molar-refractivity contribution in [2.45, 2.75) is 45.6 Å². The van der Waals surface area contributed by atoms with Gasteiger partial charge in [0, 0.05) is 30.1 Å². The Morgan fingerprint density at radius 3 is 2.46 bits per heavy atom. The molecule has 0 N–H and O–H groups in total. The van der Waals surface area contributed by atoms with Gasteiger partial charge in [-0.05, 0) is 37.0 Å². The topological polar surface area (TPSA) is 37.4 Å². The summed E-state index contributed by atoms with van der Waals surface area (Å²) in [6, 6.07) is 15.9. The van der Waals surface area contributed by atoms with Crippen LogP contribution in [0.2, 0.25) is 0 Å². The molecule has 124 valence electrons. The summed E-state index contributed by atoms with van der Waals surface area (Å²) in [4.78, 5) is 26.8. The average molecular weight is 321 g/mol. The predicted molar refractivity (Wildman–Crippen MR) is 96.5 cm³/mol. The van der Waals surface area contributed by atoms with Gasteiger partial charge in [-0.25, -0.2) is 0 Å². The van der Waals surface area contributed by atoms with Crippen molar-refractivity contribution in [3.63, 3.8) is 0 Å². The number of amides is 1. The Labute approximate surface area is 143 Å². The molecule has 0 saturated heterocycles. The number of para-hydroxylation sites is 1. The van der Waals surface area contributed by atoms with Crippen LogP contribution in [-0.4, -0.2) is 17.7 Å². The summed E-state index contributed by atoms with van der Waals surface area (Å²) in [5.74, 6) is 0.0668. The normalized spacial score (nSPS) is 16.1. The van der Waals surface area contributed by atoms with Crippen LogP contribution in [0.15, 0.2) is 48.5 Å². The molecular weight excluding hydrogens is 298 g/mol. The number of carbonyl (C=O) groups excluding carboxylic acids is 2. The first-order chi connectivity index (χ1) is 11.6. The van der Waals surface area contributed by atoms with E-state index >= 15 is 0 Å². The molecule has 1 atom stereocenters. The fraction of sp³-hybridized carbons (Fsp3) is 0.333. The predicted octanol–water partition coefficient (Wildman–Crippen LogP) is 4.19. The minimum Gasteiger partial charge on any atom is -0.309 e. The summed E-state index contributed by atoms with van der Waals surface area (Å²) in [5, 5.41) is 0. The lowest BCUT2D eigenvalue weighted by molar-refractivity contribution is -0.118. The highest BCUT2D eigenvalue weighted by Crippen LogP contribution is 2.32. The highest BCUT2D eigenvalue weighted by atomic mass is 16.2. The number of aryl methyl sites for hydroxylation is 1. The van der Waals surface area contributed by atoms with E-state index < -0.39 is 0 Å².